The van der Waals surface area contributed by atoms with Crippen molar-refractivity contribution in [3.8, 4) is 0 Å². The lowest BCUT2D eigenvalue weighted by atomic mass is 10.2. The molecule has 0 aliphatic carbocycles. The van der Waals surface area contributed by atoms with Crippen molar-refractivity contribution >= 4 is 39.8 Å². The fraction of sp³-hybridized carbons (Fsp3) is 0.444. The molecule has 0 aliphatic heterocycles. The minimum absolute atomic E-state index is 0. The van der Waals surface area contributed by atoms with Crippen LogP contribution in [-0.4, -0.2) is 43.5 Å². The first-order valence-corrected chi connectivity index (χ1v) is 10.2. The van der Waals surface area contributed by atoms with Crippen molar-refractivity contribution in [3.05, 3.63) is 47.3 Å². The van der Waals surface area contributed by atoms with E-state index in [1.807, 2.05) is 31.6 Å². The highest BCUT2D eigenvalue weighted by Gasteiger charge is 2.13. The Balaban J connectivity index is 0.00000364. The number of aliphatic imine (C=N–C) groups is 1. The zero-order valence-electron chi connectivity index (χ0n) is 16.2. The first kappa shape index (κ1) is 23.4. The molecule has 1 heterocycles. The molecule has 9 heteroatoms. The van der Waals surface area contributed by atoms with Crippen LogP contribution in [0.25, 0.3) is 0 Å². The van der Waals surface area contributed by atoms with E-state index in [0.29, 0.717) is 30.4 Å². The van der Waals surface area contributed by atoms with E-state index in [9.17, 15) is 8.42 Å². The Labute approximate surface area is 178 Å². The summed E-state index contributed by atoms with van der Waals surface area (Å²) in [6, 6.07) is 8.53. The third-order valence-corrected chi connectivity index (χ3v) is 6.12. The molecule has 0 saturated carbocycles. The quantitative estimate of drug-likeness (QED) is 0.261. The van der Waals surface area contributed by atoms with E-state index in [1.54, 1.807) is 31.3 Å². The molecular formula is C18H28IN5O2S. The first-order chi connectivity index (χ1) is 12.3. The van der Waals surface area contributed by atoms with Crippen molar-refractivity contribution in [1.82, 2.24) is 20.4 Å². The average Bonchev–Trinajstić information content (AvgIpc) is 2.87. The summed E-state index contributed by atoms with van der Waals surface area (Å²) < 4.78 is 26.4. The van der Waals surface area contributed by atoms with Crippen LogP contribution >= 0.6 is 24.0 Å². The predicted molar refractivity (Wildman–Crippen MR) is 119 cm³/mol. The van der Waals surface area contributed by atoms with E-state index in [1.165, 1.54) is 0 Å². The van der Waals surface area contributed by atoms with Gasteiger partial charge in [-0.3, -0.25) is 9.67 Å². The molecule has 2 rings (SSSR count). The van der Waals surface area contributed by atoms with Crippen LogP contribution in [0.1, 0.15) is 23.4 Å². The Morgan fingerprint density at radius 2 is 1.85 bits per heavy atom. The summed E-state index contributed by atoms with van der Waals surface area (Å²) in [6.07, 6.45) is 0.503. The maximum absolute atomic E-state index is 12.3. The van der Waals surface area contributed by atoms with Gasteiger partial charge < -0.3 is 10.6 Å². The van der Waals surface area contributed by atoms with Crippen molar-refractivity contribution in [2.75, 3.05) is 19.3 Å². The zero-order valence-corrected chi connectivity index (χ0v) is 19.3. The Bertz CT molecular complexity index is 863. The molecule has 0 bridgehead atoms. The van der Waals surface area contributed by atoms with Crippen LogP contribution in [0.5, 0.6) is 0 Å². The molecule has 2 aromatic rings. The van der Waals surface area contributed by atoms with Gasteiger partial charge in [0.25, 0.3) is 0 Å². The maximum atomic E-state index is 12.3. The van der Waals surface area contributed by atoms with Crippen molar-refractivity contribution in [3.63, 3.8) is 0 Å². The molecular weight excluding hydrogens is 477 g/mol. The number of sulfone groups is 1. The van der Waals surface area contributed by atoms with Gasteiger partial charge in [-0.1, -0.05) is 18.2 Å². The lowest BCUT2D eigenvalue weighted by Crippen LogP contribution is -2.38. The zero-order chi connectivity index (χ0) is 19.2. The molecule has 1 aromatic heterocycles. The van der Waals surface area contributed by atoms with Gasteiger partial charge in [0.05, 0.1) is 16.3 Å². The number of nitrogens with zero attached hydrogens (tertiary/aromatic N) is 3. The van der Waals surface area contributed by atoms with Crippen LogP contribution in [0, 0.1) is 13.8 Å². The number of guanidine groups is 1. The second-order valence-electron chi connectivity index (χ2n) is 6.11. The lowest BCUT2D eigenvalue weighted by Gasteiger charge is -2.12. The van der Waals surface area contributed by atoms with Crippen LogP contribution in [0.3, 0.4) is 0 Å². The summed E-state index contributed by atoms with van der Waals surface area (Å²) in [6.45, 7) is 5.15. The van der Waals surface area contributed by atoms with Gasteiger partial charge in [0.2, 0.25) is 0 Å². The Kier molecular flexibility index (Phi) is 9.23. The number of hydrogen-bond donors (Lipinski definition) is 2. The second kappa shape index (κ2) is 10.6. The minimum Gasteiger partial charge on any atom is -0.356 e. The van der Waals surface area contributed by atoms with Crippen LogP contribution in [0.2, 0.25) is 0 Å². The summed E-state index contributed by atoms with van der Waals surface area (Å²) in [5.41, 5.74) is 3.24. The molecule has 0 atom stereocenters. The number of aromatic nitrogens is 2. The van der Waals surface area contributed by atoms with E-state index in [0.717, 1.165) is 17.0 Å². The topological polar surface area (TPSA) is 88.4 Å². The van der Waals surface area contributed by atoms with E-state index < -0.39 is 9.84 Å². The fourth-order valence-electron chi connectivity index (χ4n) is 2.68. The van der Waals surface area contributed by atoms with Crippen molar-refractivity contribution in [1.29, 1.82) is 0 Å². The summed E-state index contributed by atoms with van der Waals surface area (Å²) in [5, 5.41) is 10.8. The SMILES string of the molecule is CN=C(NCCCS(=O)(=O)c1ccccc1)NCc1c(C)nn(C)c1C.I. The van der Waals surface area contributed by atoms with Gasteiger partial charge in [0, 0.05) is 38.4 Å². The van der Waals surface area contributed by atoms with Crippen molar-refractivity contribution < 1.29 is 8.42 Å². The minimum atomic E-state index is -3.24. The highest BCUT2D eigenvalue weighted by atomic mass is 127. The van der Waals surface area contributed by atoms with Crippen LogP contribution < -0.4 is 10.6 Å². The molecule has 0 fully saturated rings. The average molecular weight is 505 g/mol. The van der Waals surface area contributed by atoms with Gasteiger partial charge in [-0.25, -0.2) is 8.42 Å². The largest absolute Gasteiger partial charge is 0.356 e. The van der Waals surface area contributed by atoms with Crippen molar-refractivity contribution in [2.45, 2.75) is 31.7 Å². The maximum Gasteiger partial charge on any atom is 0.191 e. The second-order valence-corrected chi connectivity index (χ2v) is 8.22. The van der Waals surface area contributed by atoms with E-state index in [2.05, 4.69) is 20.7 Å². The number of benzene rings is 1. The third-order valence-electron chi connectivity index (χ3n) is 4.30. The highest BCUT2D eigenvalue weighted by molar-refractivity contribution is 14.0. The molecule has 0 saturated heterocycles. The van der Waals surface area contributed by atoms with Crippen LogP contribution in [-0.2, 0) is 23.4 Å². The molecule has 0 radical (unpaired) electrons. The molecule has 0 spiro atoms. The molecule has 27 heavy (non-hydrogen) atoms. The van der Waals surface area contributed by atoms with Gasteiger partial charge in [-0.15, -0.1) is 24.0 Å². The molecule has 150 valence electrons. The standard InChI is InChI=1S/C18H27N5O2S.HI/c1-14-17(15(2)23(4)22-14)13-21-18(19-3)20-11-8-12-26(24,25)16-9-6-5-7-10-16;/h5-7,9-10H,8,11-13H2,1-4H3,(H2,19,20,21);1H. The predicted octanol–water partition coefficient (Wildman–Crippen LogP) is 2.18. The lowest BCUT2D eigenvalue weighted by molar-refractivity contribution is 0.592. The molecule has 0 unspecified atom stereocenters. The monoisotopic (exact) mass is 505 g/mol. The summed E-state index contributed by atoms with van der Waals surface area (Å²) in [5.74, 6) is 0.742. The van der Waals surface area contributed by atoms with E-state index in [4.69, 9.17) is 0 Å². The van der Waals surface area contributed by atoms with E-state index >= 15 is 0 Å². The first-order valence-electron chi connectivity index (χ1n) is 8.56. The van der Waals surface area contributed by atoms with E-state index in [-0.39, 0.29) is 29.7 Å². The Morgan fingerprint density at radius 1 is 1.19 bits per heavy atom. The molecule has 0 aliphatic rings. The number of rotatable bonds is 7. The van der Waals surface area contributed by atoms with Crippen LogP contribution in [0.4, 0.5) is 0 Å². The Hall–Kier alpha value is -1.62. The Morgan fingerprint density at radius 3 is 2.41 bits per heavy atom. The van der Waals surface area contributed by atoms with Crippen LogP contribution in [0.15, 0.2) is 40.2 Å². The summed E-state index contributed by atoms with van der Waals surface area (Å²) >= 11 is 0. The molecule has 0 amide bonds. The highest BCUT2D eigenvalue weighted by Crippen LogP contribution is 2.12. The summed E-state index contributed by atoms with van der Waals surface area (Å²) in [7, 11) is 0.376. The number of hydrogen-bond acceptors (Lipinski definition) is 4. The molecule has 2 N–H and O–H groups in total. The van der Waals surface area contributed by atoms with Gasteiger partial charge in [0.1, 0.15) is 0 Å². The number of aryl methyl sites for hydroxylation is 2. The van der Waals surface area contributed by atoms with Gasteiger partial charge in [0.15, 0.2) is 15.8 Å². The molecule has 7 nitrogen and oxygen atoms in total. The van der Waals surface area contributed by atoms with Crippen molar-refractivity contribution in [2.24, 2.45) is 12.0 Å². The third kappa shape index (κ3) is 6.49. The number of halogens is 1. The van der Waals surface area contributed by atoms with Gasteiger partial charge in [-0.05, 0) is 32.4 Å². The summed E-state index contributed by atoms with van der Waals surface area (Å²) in [4.78, 5) is 4.54. The molecule has 1 aromatic carbocycles. The van der Waals surface area contributed by atoms with Gasteiger partial charge >= 0.3 is 0 Å². The number of nitrogens with one attached hydrogen (secondary N) is 2. The van der Waals surface area contributed by atoms with Gasteiger partial charge in [-0.2, -0.15) is 5.10 Å². The fourth-order valence-corrected chi connectivity index (χ4v) is 4.01. The smallest absolute Gasteiger partial charge is 0.191 e. The normalized spacial score (nSPS) is 11.8.